The van der Waals surface area contributed by atoms with E-state index in [-0.39, 0.29) is 18.5 Å². The SMILES string of the molecule is COC(CNC(=O)c1cnc2[nH]ccc2c1N[C@H]1C2CC3CC1C[C@@](O)(C3)C2)OC. The average molecular weight is 415 g/mol. The van der Waals surface area contributed by atoms with E-state index in [1.165, 1.54) is 0 Å². The standard InChI is InChI=1S/C22H30N4O4/c1-29-17(30-2)11-25-21(27)16-10-24-20-15(3-4-23-20)19(16)26-18-13-5-12-6-14(18)9-22(28,7-12)8-13/h3-4,10,12-14,17-18,28H,5-9,11H2,1-2H3,(H,25,27)(H2,23,24,26)/t12?,13?,14?,18-,22+. The summed E-state index contributed by atoms with van der Waals surface area (Å²) in [6.07, 6.45) is 7.93. The summed E-state index contributed by atoms with van der Waals surface area (Å²) in [6, 6.07) is 2.22. The van der Waals surface area contributed by atoms with Gasteiger partial charge in [0.05, 0.1) is 23.4 Å². The lowest BCUT2D eigenvalue weighted by Crippen LogP contribution is -2.59. The number of fused-ring (bicyclic) bond motifs is 1. The van der Waals surface area contributed by atoms with E-state index >= 15 is 0 Å². The molecule has 30 heavy (non-hydrogen) atoms. The lowest BCUT2D eigenvalue weighted by Gasteiger charge is -2.58. The Hall–Kier alpha value is -2.16. The predicted molar refractivity (Wildman–Crippen MR) is 112 cm³/mol. The quantitative estimate of drug-likeness (QED) is 0.518. The largest absolute Gasteiger partial charge is 0.390 e. The Labute approximate surface area is 175 Å². The molecule has 8 heteroatoms. The molecule has 4 saturated carbocycles. The summed E-state index contributed by atoms with van der Waals surface area (Å²) >= 11 is 0. The van der Waals surface area contributed by atoms with Crippen LogP contribution in [0.4, 0.5) is 5.69 Å². The molecule has 2 unspecified atom stereocenters. The highest BCUT2D eigenvalue weighted by molar-refractivity contribution is 6.06. The van der Waals surface area contributed by atoms with Gasteiger partial charge in [-0.25, -0.2) is 4.98 Å². The predicted octanol–water partition coefficient (Wildman–Crippen LogP) is 2.26. The number of hydrogen-bond acceptors (Lipinski definition) is 6. The summed E-state index contributed by atoms with van der Waals surface area (Å²) in [7, 11) is 3.09. The van der Waals surface area contributed by atoms with Crippen LogP contribution in [-0.2, 0) is 9.47 Å². The third-order valence-electron chi connectivity index (χ3n) is 7.34. The van der Waals surface area contributed by atoms with Gasteiger partial charge in [0.15, 0.2) is 6.29 Å². The van der Waals surface area contributed by atoms with Gasteiger partial charge in [0.2, 0.25) is 0 Å². The normalized spacial score (nSPS) is 32.1. The number of ether oxygens (including phenoxy) is 2. The van der Waals surface area contributed by atoms with E-state index in [4.69, 9.17) is 9.47 Å². The fourth-order valence-corrected chi connectivity index (χ4v) is 6.25. The molecule has 4 aliphatic carbocycles. The summed E-state index contributed by atoms with van der Waals surface area (Å²) in [5.74, 6) is 1.30. The maximum Gasteiger partial charge on any atom is 0.255 e. The van der Waals surface area contributed by atoms with Crippen LogP contribution in [0.1, 0.15) is 42.5 Å². The minimum absolute atomic E-state index is 0.213. The number of H-pyrrole nitrogens is 1. The van der Waals surface area contributed by atoms with Crippen LogP contribution >= 0.6 is 0 Å². The number of nitrogens with zero attached hydrogens (tertiary/aromatic N) is 1. The van der Waals surface area contributed by atoms with Crippen molar-refractivity contribution in [3.63, 3.8) is 0 Å². The molecule has 4 bridgehead atoms. The third-order valence-corrected chi connectivity index (χ3v) is 7.34. The number of methoxy groups -OCH3 is 2. The van der Waals surface area contributed by atoms with E-state index in [1.807, 2.05) is 12.3 Å². The molecular formula is C22H30N4O4. The van der Waals surface area contributed by atoms with Gasteiger partial charge in [-0.2, -0.15) is 0 Å². The fraction of sp³-hybridized carbons (Fsp3) is 0.636. The first-order valence-electron chi connectivity index (χ1n) is 10.8. The average Bonchev–Trinajstić information content (AvgIpc) is 3.19. The molecule has 0 aromatic carbocycles. The first-order chi connectivity index (χ1) is 14.5. The summed E-state index contributed by atoms with van der Waals surface area (Å²) in [5, 5.41) is 18.4. The molecule has 2 heterocycles. The Balaban J connectivity index is 1.43. The van der Waals surface area contributed by atoms with Crippen molar-refractivity contribution in [3.8, 4) is 0 Å². The van der Waals surface area contributed by atoms with Crippen molar-refractivity contribution in [3.05, 3.63) is 24.0 Å². The van der Waals surface area contributed by atoms with Crippen molar-refractivity contribution >= 4 is 22.6 Å². The van der Waals surface area contributed by atoms with Gasteiger partial charge in [-0.15, -0.1) is 0 Å². The number of rotatable bonds is 7. The zero-order valence-electron chi connectivity index (χ0n) is 17.5. The van der Waals surface area contributed by atoms with E-state index in [9.17, 15) is 9.90 Å². The van der Waals surface area contributed by atoms with Crippen LogP contribution in [0.25, 0.3) is 11.0 Å². The molecule has 0 radical (unpaired) electrons. The van der Waals surface area contributed by atoms with Crippen LogP contribution in [0, 0.1) is 17.8 Å². The van der Waals surface area contributed by atoms with Gasteiger partial charge in [0.1, 0.15) is 5.65 Å². The maximum absolute atomic E-state index is 13.0. The van der Waals surface area contributed by atoms with E-state index in [2.05, 4.69) is 20.6 Å². The minimum atomic E-state index is -0.500. The molecule has 4 N–H and O–H groups in total. The number of pyridine rings is 1. The van der Waals surface area contributed by atoms with Gasteiger partial charge >= 0.3 is 0 Å². The lowest BCUT2D eigenvalue weighted by molar-refractivity contribution is -0.129. The zero-order valence-corrected chi connectivity index (χ0v) is 17.5. The van der Waals surface area contributed by atoms with Crippen LogP contribution in [0.3, 0.4) is 0 Å². The highest BCUT2D eigenvalue weighted by Gasteiger charge is 2.54. The number of hydrogen-bond donors (Lipinski definition) is 4. The van der Waals surface area contributed by atoms with Crippen molar-refractivity contribution in [2.45, 2.75) is 50.0 Å². The van der Waals surface area contributed by atoms with Gasteiger partial charge in [0.25, 0.3) is 5.91 Å². The van der Waals surface area contributed by atoms with Crippen LogP contribution in [0.15, 0.2) is 18.5 Å². The summed E-state index contributed by atoms with van der Waals surface area (Å²) in [4.78, 5) is 20.6. The van der Waals surface area contributed by atoms with Gasteiger partial charge in [-0.3, -0.25) is 4.79 Å². The van der Waals surface area contributed by atoms with Crippen LogP contribution in [0.2, 0.25) is 0 Å². The number of anilines is 1. The molecule has 4 fully saturated rings. The number of aromatic nitrogens is 2. The molecule has 0 spiro atoms. The smallest absolute Gasteiger partial charge is 0.255 e. The highest BCUT2D eigenvalue weighted by atomic mass is 16.7. The van der Waals surface area contributed by atoms with Crippen molar-refractivity contribution in [2.75, 3.05) is 26.1 Å². The molecule has 0 aliphatic heterocycles. The highest BCUT2D eigenvalue weighted by Crippen LogP contribution is 2.56. The monoisotopic (exact) mass is 414 g/mol. The molecule has 8 nitrogen and oxygen atoms in total. The Kier molecular flexibility index (Phi) is 4.95. The molecule has 2 aromatic rings. The molecule has 4 aliphatic rings. The lowest BCUT2D eigenvalue weighted by atomic mass is 9.52. The minimum Gasteiger partial charge on any atom is -0.390 e. The molecular weight excluding hydrogens is 384 g/mol. The second-order valence-electron chi connectivity index (χ2n) is 9.26. The third kappa shape index (κ3) is 3.36. The number of aliphatic hydroxyl groups is 1. The number of carbonyl (C=O) groups excluding carboxylic acids is 1. The second kappa shape index (κ2) is 7.51. The van der Waals surface area contributed by atoms with Gasteiger partial charge in [-0.1, -0.05) is 0 Å². The zero-order chi connectivity index (χ0) is 20.9. The summed E-state index contributed by atoms with van der Waals surface area (Å²) in [6.45, 7) is 0.250. The number of amides is 1. The maximum atomic E-state index is 13.0. The van der Waals surface area contributed by atoms with Crippen molar-refractivity contribution < 1.29 is 19.4 Å². The number of carbonyl (C=O) groups is 1. The topological polar surface area (TPSA) is 108 Å². The Morgan fingerprint density at radius 2 is 2.03 bits per heavy atom. The summed E-state index contributed by atoms with van der Waals surface area (Å²) < 4.78 is 10.3. The fourth-order valence-electron chi connectivity index (χ4n) is 6.25. The number of aromatic amines is 1. The van der Waals surface area contributed by atoms with Gasteiger partial charge < -0.3 is 30.2 Å². The molecule has 2 aromatic heterocycles. The van der Waals surface area contributed by atoms with Gasteiger partial charge in [-0.05, 0) is 55.9 Å². The Morgan fingerprint density at radius 3 is 2.70 bits per heavy atom. The second-order valence-corrected chi connectivity index (χ2v) is 9.26. The molecule has 1 amide bonds. The van der Waals surface area contributed by atoms with Crippen LogP contribution in [-0.4, -0.2) is 59.7 Å². The van der Waals surface area contributed by atoms with E-state index in [0.29, 0.717) is 23.3 Å². The van der Waals surface area contributed by atoms with Crippen molar-refractivity contribution in [1.82, 2.24) is 15.3 Å². The Morgan fingerprint density at radius 1 is 1.30 bits per heavy atom. The summed E-state index contributed by atoms with van der Waals surface area (Å²) in [5.41, 5.74) is 1.60. The van der Waals surface area contributed by atoms with Gasteiger partial charge in [0, 0.05) is 38.0 Å². The van der Waals surface area contributed by atoms with Crippen molar-refractivity contribution in [1.29, 1.82) is 0 Å². The first-order valence-corrected chi connectivity index (χ1v) is 10.8. The first kappa shape index (κ1) is 19.8. The molecule has 6 rings (SSSR count). The van der Waals surface area contributed by atoms with Crippen LogP contribution in [0.5, 0.6) is 0 Å². The molecule has 0 saturated heterocycles. The van der Waals surface area contributed by atoms with E-state index in [0.717, 1.165) is 48.8 Å². The van der Waals surface area contributed by atoms with E-state index < -0.39 is 11.9 Å². The van der Waals surface area contributed by atoms with Crippen molar-refractivity contribution in [2.24, 2.45) is 17.8 Å². The molecule has 2 atom stereocenters. The Bertz CT molecular complexity index is 924. The van der Waals surface area contributed by atoms with Crippen LogP contribution < -0.4 is 10.6 Å². The molecule has 162 valence electrons. The van der Waals surface area contributed by atoms with E-state index in [1.54, 1.807) is 20.4 Å². The number of nitrogens with one attached hydrogen (secondary N) is 3.